The molecule has 4 rings (SSSR count). The van der Waals surface area contributed by atoms with Crippen molar-refractivity contribution in [2.45, 2.75) is 32.6 Å². The molecule has 0 spiro atoms. The SMILES string of the molecule is Cc1ocnc1C(=O)N1CCC[C@@H](Cc2cccc3cccnc23)CC1. The van der Waals surface area contributed by atoms with Crippen LogP contribution in [0.5, 0.6) is 0 Å². The maximum Gasteiger partial charge on any atom is 0.276 e. The number of hydrogen-bond acceptors (Lipinski definition) is 4. The van der Waals surface area contributed by atoms with Crippen LogP contribution in [0.15, 0.2) is 47.3 Å². The topological polar surface area (TPSA) is 59.2 Å². The maximum atomic E-state index is 12.7. The lowest BCUT2D eigenvalue weighted by atomic mass is 9.91. The van der Waals surface area contributed by atoms with Gasteiger partial charge in [0.25, 0.3) is 5.91 Å². The molecule has 1 atom stereocenters. The van der Waals surface area contributed by atoms with E-state index >= 15 is 0 Å². The first kappa shape index (κ1) is 16.8. The van der Waals surface area contributed by atoms with Gasteiger partial charge >= 0.3 is 0 Å². The predicted molar refractivity (Wildman–Crippen MR) is 99.9 cm³/mol. The summed E-state index contributed by atoms with van der Waals surface area (Å²) in [4.78, 5) is 23.2. The van der Waals surface area contributed by atoms with Crippen LogP contribution in [0.1, 0.15) is 41.1 Å². The molecule has 26 heavy (non-hydrogen) atoms. The van der Waals surface area contributed by atoms with Gasteiger partial charge in [-0.15, -0.1) is 0 Å². The van der Waals surface area contributed by atoms with Crippen molar-refractivity contribution in [2.75, 3.05) is 13.1 Å². The molecule has 2 aromatic heterocycles. The lowest BCUT2D eigenvalue weighted by Crippen LogP contribution is -2.32. The summed E-state index contributed by atoms with van der Waals surface area (Å²) in [6.07, 6.45) is 7.37. The van der Waals surface area contributed by atoms with Gasteiger partial charge in [0.05, 0.1) is 5.52 Å². The van der Waals surface area contributed by atoms with Crippen molar-refractivity contribution in [1.82, 2.24) is 14.9 Å². The number of hydrogen-bond donors (Lipinski definition) is 0. The molecule has 1 aliphatic rings. The second kappa shape index (κ2) is 7.28. The Morgan fingerprint density at radius 3 is 2.92 bits per heavy atom. The molecule has 134 valence electrons. The zero-order chi connectivity index (χ0) is 17.9. The van der Waals surface area contributed by atoms with E-state index in [-0.39, 0.29) is 5.91 Å². The van der Waals surface area contributed by atoms with E-state index in [0.29, 0.717) is 17.4 Å². The molecular weight excluding hydrogens is 326 g/mol. The van der Waals surface area contributed by atoms with Crippen LogP contribution in [0.4, 0.5) is 0 Å². The van der Waals surface area contributed by atoms with E-state index in [2.05, 4.69) is 34.2 Å². The summed E-state index contributed by atoms with van der Waals surface area (Å²) in [7, 11) is 0. The molecular formula is C21H23N3O2. The molecule has 3 heterocycles. The van der Waals surface area contributed by atoms with Gasteiger partial charge in [-0.25, -0.2) is 4.98 Å². The van der Waals surface area contributed by atoms with E-state index in [1.165, 1.54) is 17.3 Å². The Balaban J connectivity index is 1.45. The molecule has 1 aromatic carbocycles. The number of aromatic nitrogens is 2. The standard InChI is InChI=1S/C21H23N3O2/c1-15-19(23-14-26-15)21(25)24-11-4-5-16(9-12-24)13-18-7-2-6-17-8-3-10-22-20(17)18/h2-3,6-8,10,14,16H,4-5,9,11-13H2,1H3/t16-/m1/s1. The van der Waals surface area contributed by atoms with Crippen molar-refractivity contribution >= 4 is 16.8 Å². The highest BCUT2D eigenvalue weighted by Gasteiger charge is 2.25. The number of carbonyl (C=O) groups is 1. The van der Waals surface area contributed by atoms with E-state index in [4.69, 9.17) is 4.42 Å². The smallest absolute Gasteiger partial charge is 0.276 e. The van der Waals surface area contributed by atoms with Gasteiger partial charge in [-0.05, 0) is 50.2 Å². The number of likely N-dealkylation sites (tertiary alicyclic amines) is 1. The normalized spacial score (nSPS) is 18.0. The Morgan fingerprint density at radius 1 is 1.19 bits per heavy atom. The largest absolute Gasteiger partial charge is 0.448 e. The van der Waals surface area contributed by atoms with Crippen LogP contribution in [0.25, 0.3) is 10.9 Å². The molecule has 1 amide bonds. The summed E-state index contributed by atoms with van der Waals surface area (Å²) in [5.41, 5.74) is 2.85. The minimum Gasteiger partial charge on any atom is -0.448 e. The van der Waals surface area contributed by atoms with Crippen molar-refractivity contribution in [3.8, 4) is 0 Å². The first-order chi connectivity index (χ1) is 12.7. The summed E-state index contributed by atoms with van der Waals surface area (Å²) in [6, 6.07) is 10.5. The van der Waals surface area contributed by atoms with Crippen LogP contribution in [-0.2, 0) is 6.42 Å². The highest BCUT2D eigenvalue weighted by atomic mass is 16.3. The average molecular weight is 349 g/mol. The van der Waals surface area contributed by atoms with Crippen LogP contribution in [-0.4, -0.2) is 33.9 Å². The maximum absolute atomic E-state index is 12.7. The molecule has 0 N–H and O–H groups in total. The fraction of sp³-hybridized carbons (Fsp3) is 0.381. The van der Waals surface area contributed by atoms with Crippen LogP contribution in [0.3, 0.4) is 0 Å². The molecule has 1 aliphatic heterocycles. The number of para-hydroxylation sites is 1. The molecule has 0 bridgehead atoms. The van der Waals surface area contributed by atoms with Crippen molar-refractivity contribution < 1.29 is 9.21 Å². The second-order valence-corrected chi connectivity index (χ2v) is 7.04. The van der Waals surface area contributed by atoms with Crippen molar-refractivity contribution in [1.29, 1.82) is 0 Å². The molecule has 0 aliphatic carbocycles. The van der Waals surface area contributed by atoms with Gasteiger partial charge < -0.3 is 9.32 Å². The van der Waals surface area contributed by atoms with Crippen LogP contribution in [0, 0.1) is 12.8 Å². The Morgan fingerprint density at radius 2 is 2.08 bits per heavy atom. The molecule has 1 saturated heterocycles. The Hall–Kier alpha value is -2.69. The fourth-order valence-corrected chi connectivity index (χ4v) is 3.88. The quantitative estimate of drug-likeness (QED) is 0.717. The van der Waals surface area contributed by atoms with E-state index in [9.17, 15) is 4.79 Å². The predicted octanol–water partition coefficient (Wildman–Crippen LogP) is 4.02. The molecule has 5 nitrogen and oxygen atoms in total. The number of fused-ring (bicyclic) bond motifs is 1. The van der Waals surface area contributed by atoms with E-state index in [1.54, 1.807) is 6.92 Å². The van der Waals surface area contributed by atoms with Gasteiger partial charge in [0.2, 0.25) is 0 Å². The van der Waals surface area contributed by atoms with E-state index < -0.39 is 0 Å². The third kappa shape index (κ3) is 3.34. The summed E-state index contributed by atoms with van der Waals surface area (Å²) < 4.78 is 5.18. The second-order valence-electron chi connectivity index (χ2n) is 7.04. The first-order valence-electron chi connectivity index (χ1n) is 9.24. The van der Waals surface area contributed by atoms with Gasteiger partial charge in [0, 0.05) is 24.7 Å². The lowest BCUT2D eigenvalue weighted by Gasteiger charge is -2.20. The van der Waals surface area contributed by atoms with Gasteiger partial charge in [-0.1, -0.05) is 24.3 Å². The van der Waals surface area contributed by atoms with E-state index in [1.807, 2.05) is 17.2 Å². The van der Waals surface area contributed by atoms with Gasteiger partial charge in [0.15, 0.2) is 12.1 Å². The summed E-state index contributed by atoms with van der Waals surface area (Å²) >= 11 is 0. The zero-order valence-corrected chi connectivity index (χ0v) is 15.0. The average Bonchev–Trinajstić information content (AvgIpc) is 2.95. The Kier molecular flexibility index (Phi) is 4.69. The highest BCUT2D eigenvalue weighted by molar-refractivity contribution is 5.93. The number of pyridine rings is 1. The lowest BCUT2D eigenvalue weighted by molar-refractivity contribution is 0.0753. The summed E-state index contributed by atoms with van der Waals surface area (Å²) in [5, 5.41) is 1.19. The van der Waals surface area contributed by atoms with Gasteiger partial charge in [0.1, 0.15) is 5.76 Å². The molecule has 0 saturated carbocycles. The number of aryl methyl sites for hydroxylation is 1. The van der Waals surface area contributed by atoms with Crippen LogP contribution in [0.2, 0.25) is 0 Å². The Bertz CT molecular complexity index is 913. The summed E-state index contributed by atoms with van der Waals surface area (Å²) in [5.74, 6) is 1.15. The van der Waals surface area contributed by atoms with Gasteiger partial charge in [-0.2, -0.15) is 0 Å². The highest BCUT2D eigenvalue weighted by Crippen LogP contribution is 2.26. The number of carbonyl (C=O) groups excluding carboxylic acids is 1. The minimum absolute atomic E-state index is 0.0104. The monoisotopic (exact) mass is 349 g/mol. The molecule has 3 aromatic rings. The number of nitrogens with zero attached hydrogens (tertiary/aromatic N) is 3. The first-order valence-corrected chi connectivity index (χ1v) is 9.24. The molecule has 5 heteroatoms. The van der Waals surface area contributed by atoms with Crippen molar-refractivity contribution in [3.63, 3.8) is 0 Å². The third-order valence-corrected chi connectivity index (χ3v) is 5.31. The van der Waals surface area contributed by atoms with Gasteiger partial charge in [-0.3, -0.25) is 9.78 Å². The van der Waals surface area contributed by atoms with Crippen molar-refractivity contribution in [2.24, 2.45) is 5.92 Å². The van der Waals surface area contributed by atoms with E-state index in [0.717, 1.165) is 44.3 Å². The third-order valence-electron chi connectivity index (χ3n) is 5.31. The molecule has 0 radical (unpaired) electrons. The zero-order valence-electron chi connectivity index (χ0n) is 15.0. The molecule has 0 unspecified atom stereocenters. The Labute approximate surface area is 153 Å². The van der Waals surface area contributed by atoms with Crippen LogP contribution < -0.4 is 0 Å². The fourth-order valence-electron chi connectivity index (χ4n) is 3.88. The number of oxazole rings is 1. The number of rotatable bonds is 3. The number of benzene rings is 1. The minimum atomic E-state index is -0.0104. The van der Waals surface area contributed by atoms with Crippen LogP contribution >= 0.6 is 0 Å². The number of amides is 1. The van der Waals surface area contributed by atoms with Crippen molar-refractivity contribution in [3.05, 3.63) is 59.9 Å². The summed E-state index contributed by atoms with van der Waals surface area (Å²) in [6.45, 7) is 3.35. The molecule has 1 fully saturated rings.